The molecule has 156 valence electrons. The average molecular weight is 402 g/mol. The fraction of sp³-hybridized carbons (Fsp3) is 0.550. The van der Waals surface area contributed by atoms with Crippen LogP contribution in [0.3, 0.4) is 0 Å². The second-order valence-electron chi connectivity index (χ2n) is 7.74. The van der Waals surface area contributed by atoms with Crippen molar-refractivity contribution in [3.8, 4) is 0 Å². The molecule has 9 heteroatoms. The Kier molecular flexibility index (Phi) is 5.40. The number of carbonyl (C=O) groups is 2. The topological polar surface area (TPSA) is 71.5 Å². The van der Waals surface area contributed by atoms with Gasteiger partial charge in [-0.25, -0.2) is 14.2 Å². The second kappa shape index (κ2) is 7.98. The smallest absolute Gasteiger partial charge is 0.325 e. The Morgan fingerprint density at radius 1 is 1.17 bits per heavy atom. The predicted octanol–water partition coefficient (Wildman–Crippen LogP) is 0.901. The number of imide groups is 1. The van der Waals surface area contributed by atoms with Gasteiger partial charge in [-0.3, -0.25) is 15.0 Å². The van der Waals surface area contributed by atoms with Crippen LogP contribution >= 0.6 is 0 Å². The molecule has 1 aromatic carbocycles. The number of guanidine groups is 1. The van der Waals surface area contributed by atoms with Gasteiger partial charge >= 0.3 is 6.03 Å². The molecule has 2 saturated heterocycles. The third-order valence-electron chi connectivity index (χ3n) is 5.83. The molecule has 2 fully saturated rings. The van der Waals surface area contributed by atoms with Crippen LogP contribution in [0.15, 0.2) is 29.3 Å². The lowest BCUT2D eigenvalue weighted by Crippen LogP contribution is -2.64. The molecule has 3 heterocycles. The molecule has 0 radical (unpaired) electrons. The van der Waals surface area contributed by atoms with Crippen LogP contribution in [0.1, 0.15) is 18.9 Å². The van der Waals surface area contributed by atoms with E-state index in [-0.39, 0.29) is 12.4 Å². The Morgan fingerprint density at radius 3 is 2.59 bits per heavy atom. The zero-order valence-electron chi connectivity index (χ0n) is 16.8. The van der Waals surface area contributed by atoms with E-state index in [2.05, 4.69) is 22.0 Å². The number of rotatable bonds is 4. The molecule has 8 nitrogen and oxygen atoms in total. The third-order valence-corrected chi connectivity index (χ3v) is 5.83. The molecule has 3 aliphatic heterocycles. The van der Waals surface area contributed by atoms with Gasteiger partial charge in [0, 0.05) is 45.3 Å². The molecule has 2 atom stereocenters. The van der Waals surface area contributed by atoms with Crippen LogP contribution < -0.4 is 5.32 Å². The van der Waals surface area contributed by atoms with Crippen LogP contribution in [0.25, 0.3) is 0 Å². The molecule has 2 unspecified atom stereocenters. The zero-order valence-corrected chi connectivity index (χ0v) is 16.8. The molecule has 3 aliphatic rings. The molecule has 3 amide bonds. The molecule has 0 aliphatic carbocycles. The quantitative estimate of drug-likeness (QED) is 0.810. The number of halogens is 1. The summed E-state index contributed by atoms with van der Waals surface area (Å²) in [6.45, 7) is 6.84. The first kappa shape index (κ1) is 19.6. The van der Waals surface area contributed by atoms with Gasteiger partial charge in [0.25, 0.3) is 5.91 Å². The highest BCUT2D eigenvalue weighted by Crippen LogP contribution is 2.28. The van der Waals surface area contributed by atoms with E-state index in [1.54, 1.807) is 25.2 Å². The van der Waals surface area contributed by atoms with E-state index < -0.39 is 24.1 Å². The van der Waals surface area contributed by atoms with E-state index in [1.165, 1.54) is 11.0 Å². The summed E-state index contributed by atoms with van der Waals surface area (Å²) in [5.74, 6) is -0.0439. The molecule has 1 aromatic rings. The molecule has 4 rings (SSSR count). The molecule has 1 N–H and O–H groups in total. The van der Waals surface area contributed by atoms with Gasteiger partial charge in [0.05, 0.1) is 0 Å². The standard InChI is InChI=1S/C20H27FN6O2/c1-3-8-25-9-11-26(12-10-25)19-22-17-16(18(28)23-20(29)24(17)2)27(19)13-14-6-4-5-7-15(14)21/h4-7,16-17H,3,8-13H2,1-2H3,(H,23,28,29). The third kappa shape index (κ3) is 3.66. The molecule has 29 heavy (non-hydrogen) atoms. The number of fused-ring (bicyclic) bond motifs is 1. The summed E-state index contributed by atoms with van der Waals surface area (Å²) in [4.78, 5) is 37.4. The van der Waals surface area contributed by atoms with Crippen molar-refractivity contribution in [1.29, 1.82) is 0 Å². The number of carbonyl (C=O) groups excluding carboxylic acids is 2. The summed E-state index contributed by atoms with van der Waals surface area (Å²) >= 11 is 0. The SMILES string of the molecule is CCCN1CCN(C2=NC3C(C(=O)NC(=O)N3C)N2Cc2ccccc2F)CC1. The summed E-state index contributed by atoms with van der Waals surface area (Å²) in [5.41, 5.74) is 0.498. The highest BCUT2D eigenvalue weighted by Gasteiger charge is 2.50. The minimum atomic E-state index is -0.666. The molecular weight excluding hydrogens is 375 g/mol. The molecule has 0 spiro atoms. The highest BCUT2D eigenvalue weighted by molar-refractivity contribution is 6.03. The first-order chi connectivity index (χ1) is 14.0. The Morgan fingerprint density at radius 2 is 1.90 bits per heavy atom. The number of piperazine rings is 1. The molecule has 0 bridgehead atoms. The van der Waals surface area contributed by atoms with E-state index in [0.717, 1.165) is 39.1 Å². The highest BCUT2D eigenvalue weighted by atomic mass is 19.1. The Bertz CT molecular complexity index is 823. The van der Waals surface area contributed by atoms with Crippen LogP contribution in [0.2, 0.25) is 0 Å². The number of likely N-dealkylation sites (N-methyl/N-ethyl adjacent to an activating group) is 1. The van der Waals surface area contributed by atoms with E-state index in [0.29, 0.717) is 11.5 Å². The molecule has 0 aromatic heterocycles. The maximum Gasteiger partial charge on any atom is 0.325 e. The number of aliphatic imine (C=N–C) groups is 1. The summed E-state index contributed by atoms with van der Waals surface area (Å²) in [7, 11) is 1.63. The monoisotopic (exact) mass is 402 g/mol. The van der Waals surface area contributed by atoms with E-state index in [9.17, 15) is 14.0 Å². The lowest BCUT2D eigenvalue weighted by molar-refractivity contribution is -0.127. The minimum Gasteiger partial charge on any atom is -0.340 e. The van der Waals surface area contributed by atoms with E-state index in [4.69, 9.17) is 4.99 Å². The van der Waals surface area contributed by atoms with Crippen molar-refractivity contribution in [3.05, 3.63) is 35.6 Å². The predicted molar refractivity (Wildman–Crippen MR) is 107 cm³/mol. The Hall–Kier alpha value is -2.68. The van der Waals surface area contributed by atoms with Crippen LogP contribution in [-0.2, 0) is 11.3 Å². The molecular formula is C20H27FN6O2. The fourth-order valence-electron chi connectivity index (χ4n) is 4.24. The van der Waals surface area contributed by atoms with Crippen molar-refractivity contribution >= 4 is 17.9 Å². The minimum absolute atomic E-state index is 0.220. The first-order valence-electron chi connectivity index (χ1n) is 10.1. The molecule has 0 saturated carbocycles. The number of nitrogens with zero attached hydrogens (tertiary/aromatic N) is 5. The van der Waals surface area contributed by atoms with Crippen molar-refractivity contribution in [2.45, 2.75) is 32.1 Å². The van der Waals surface area contributed by atoms with E-state index >= 15 is 0 Å². The largest absolute Gasteiger partial charge is 0.340 e. The van der Waals surface area contributed by atoms with Crippen LogP contribution in [0.4, 0.5) is 9.18 Å². The maximum atomic E-state index is 14.4. The van der Waals surface area contributed by atoms with Crippen molar-refractivity contribution in [2.75, 3.05) is 39.8 Å². The number of nitrogens with one attached hydrogen (secondary N) is 1. The van der Waals surface area contributed by atoms with E-state index in [1.807, 2.05) is 4.90 Å². The number of benzene rings is 1. The van der Waals surface area contributed by atoms with Crippen molar-refractivity contribution in [1.82, 2.24) is 24.9 Å². The van der Waals surface area contributed by atoms with Gasteiger partial charge in [-0.15, -0.1) is 0 Å². The average Bonchev–Trinajstić information content (AvgIpc) is 3.09. The van der Waals surface area contributed by atoms with Gasteiger partial charge in [-0.2, -0.15) is 0 Å². The van der Waals surface area contributed by atoms with Crippen molar-refractivity contribution in [3.63, 3.8) is 0 Å². The van der Waals surface area contributed by atoms with Gasteiger partial charge in [-0.1, -0.05) is 25.1 Å². The van der Waals surface area contributed by atoms with Crippen molar-refractivity contribution in [2.24, 2.45) is 4.99 Å². The lowest BCUT2D eigenvalue weighted by Gasteiger charge is -2.40. The normalized spacial score (nSPS) is 25.2. The number of hydrogen-bond donors (Lipinski definition) is 1. The first-order valence-corrected chi connectivity index (χ1v) is 10.1. The van der Waals surface area contributed by atoms with Crippen LogP contribution in [-0.4, -0.2) is 89.5 Å². The summed E-state index contributed by atoms with van der Waals surface area (Å²) in [6.07, 6.45) is 0.504. The van der Waals surface area contributed by atoms with Gasteiger partial charge in [-0.05, 0) is 19.0 Å². The Balaban J connectivity index is 1.62. The summed E-state index contributed by atoms with van der Waals surface area (Å²) in [5, 5.41) is 2.39. The van der Waals surface area contributed by atoms with Crippen LogP contribution in [0.5, 0.6) is 0 Å². The van der Waals surface area contributed by atoms with Gasteiger partial charge in [0.1, 0.15) is 5.82 Å². The second-order valence-corrected chi connectivity index (χ2v) is 7.74. The number of amides is 3. The van der Waals surface area contributed by atoms with Gasteiger partial charge < -0.3 is 14.7 Å². The van der Waals surface area contributed by atoms with Crippen molar-refractivity contribution < 1.29 is 14.0 Å². The number of hydrogen-bond acceptors (Lipinski definition) is 6. The van der Waals surface area contributed by atoms with Crippen LogP contribution in [0, 0.1) is 5.82 Å². The fourth-order valence-corrected chi connectivity index (χ4v) is 4.24. The zero-order chi connectivity index (χ0) is 20.5. The number of urea groups is 1. The Labute approximate surface area is 169 Å². The van der Waals surface area contributed by atoms with Gasteiger partial charge in [0.2, 0.25) is 0 Å². The summed E-state index contributed by atoms with van der Waals surface area (Å²) in [6, 6.07) is 5.44. The lowest BCUT2D eigenvalue weighted by atomic mass is 10.1. The maximum absolute atomic E-state index is 14.4. The van der Waals surface area contributed by atoms with Gasteiger partial charge in [0.15, 0.2) is 18.2 Å². The summed E-state index contributed by atoms with van der Waals surface area (Å²) < 4.78 is 14.4.